The fourth-order valence-corrected chi connectivity index (χ4v) is 2.58. The molecule has 1 aromatic rings. The van der Waals surface area contributed by atoms with Crippen molar-refractivity contribution >= 4 is 23.7 Å². The molecule has 1 heterocycles. The Hall–Kier alpha value is -1.47. The van der Waals surface area contributed by atoms with Gasteiger partial charge in [-0.15, -0.1) is 11.3 Å². The highest BCUT2D eigenvalue weighted by Gasteiger charge is 2.23. The van der Waals surface area contributed by atoms with Gasteiger partial charge in [0.1, 0.15) is 0 Å². The molecule has 116 valence electrons. The van der Waals surface area contributed by atoms with Gasteiger partial charge in [-0.25, -0.2) is 4.98 Å². The molecular weight excluding hydrogens is 288 g/mol. The van der Waals surface area contributed by atoms with Crippen molar-refractivity contribution in [2.24, 2.45) is 5.92 Å². The second kappa shape index (κ2) is 8.09. The van der Waals surface area contributed by atoms with Crippen molar-refractivity contribution in [3.63, 3.8) is 0 Å². The molecule has 21 heavy (non-hydrogen) atoms. The summed E-state index contributed by atoms with van der Waals surface area (Å²) in [6, 6.07) is -0.335. The Labute approximate surface area is 128 Å². The molecule has 0 aromatic carbocycles. The van der Waals surface area contributed by atoms with E-state index in [0.29, 0.717) is 25.3 Å². The van der Waals surface area contributed by atoms with Gasteiger partial charge in [0.25, 0.3) is 0 Å². The smallest absolute Gasteiger partial charge is 0.236 e. The van der Waals surface area contributed by atoms with E-state index in [1.54, 1.807) is 5.51 Å². The van der Waals surface area contributed by atoms with E-state index in [4.69, 9.17) is 0 Å². The van der Waals surface area contributed by atoms with Crippen LogP contribution in [0.2, 0.25) is 0 Å². The van der Waals surface area contributed by atoms with Gasteiger partial charge in [-0.3, -0.25) is 9.59 Å². The van der Waals surface area contributed by atoms with Crippen molar-refractivity contribution in [1.82, 2.24) is 20.9 Å². The molecule has 1 fully saturated rings. The molecule has 0 aliphatic heterocycles. The number of amides is 2. The predicted octanol–water partition coefficient (Wildman–Crippen LogP) is 0.305. The van der Waals surface area contributed by atoms with Crippen LogP contribution in [0.4, 0.5) is 0 Å². The van der Waals surface area contributed by atoms with Crippen LogP contribution in [0.15, 0.2) is 10.9 Å². The lowest BCUT2D eigenvalue weighted by Gasteiger charge is -2.19. The molecule has 0 saturated heterocycles. The number of nitrogens with zero attached hydrogens (tertiary/aromatic N) is 1. The maximum atomic E-state index is 11.9. The molecule has 6 nitrogen and oxygen atoms in total. The van der Waals surface area contributed by atoms with Crippen LogP contribution in [0.3, 0.4) is 0 Å². The topological polar surface area (TPSA) is 83.1 Å². The van der Waals surface area contributed by atoms with Crippen molar-refractivity contribution < 1.29 is 9.59 Å². The summed E-state index contributed by atoms with van der Waals surface area (Å²) < 4.78 is 0. The fraction of sp³-hybridized carbons (Fsp3) is 0.643. The van der Waals surface area contributed by atoms with E-state index in [2.05, 4.69) is 20.9 Å². The first-order valence-corrected chi connectivity index (χ1v) is 8.21. The van der Waals surface area contributed by atoms with E-state index < -0.39 is 0 Å². The molecular formula is C14H22N4O2S. The minimum absolute atomic E-state index is 0.0143. The molecule has 1 aliphatic rings. The number of nitrogens with one attached hydrogen (secondary N) is 3. The van der Waals surface area contributed by atoms with Gasteiger partial charge >= 0.3 is 0 Å². The number of aromatic nitrogens is 1. The number of carbonyl (C=O) groups is 2. The Kier molecular flexibility index (Phi) is 6.13. The first-order valence-electron chi connectivity index (χ1n) is 7.27. The summed E-state index contributed by atoms with van der Waals surface area (Å²) in [5, 5.41) is 10.8. The first kappa shape index (κ1) is 15.9. The van der Waals surface area contributed by atoms with Gasteiger partial charge in [0.05, 0.1) is 17.2 Å². The second-order valence-corrected chi connectivity index (χ2v) is 6.20. The first-order chi connectivity index (χ1) is 10.2. The van der Waals surface area contributed by atoms with Crippen LogP contribution >= 0.6 is 11.3 Å². The van der Waals surface area contributed by atoms with Crippen molar-refractivity contribution in [3.05, 3.63) is 16.6 Å². The number of carbonyl (C=O) groups excluding carboxylic acids is 2. The summed E-state index contributed by atoms with van der Waals surface area (Å²) in [6.45, 7) is 3.15. The highest BCUT2D eigenvalue weighted by atomic mass is 32.1. The lowest BCUT2D eigenvalue weighted by molar-refractivity contribution is -0.122. The Morgan fingerprint density at radius 1 is 1.57 bits per heavy atom. The summed E-state index contributed by atoms with van der Waals surface area (Å²) in [5.41, 5.74) is 2.72. The molecule has 0 radical (unpaired) electrons. The largest absolute Gasteiger partial charge is 0.354 e. The van der Waals surface area contributed by atoms with Crippen molar-refractivity contribution in [2.45, 2.75) is 38.3 Å². The highest BCUT2D eigenvalue weighted by molar-refractivity contribution is 7.07. The zero-order valence-corrected chi connectivity index (χ0v) is 13.0. The van der Waals surface area contributed by atoms with E-state index in [9.17, 15) is 9.59 Å². The minimum atomic E-state index is -0.268. The zero-order chi connectivity index (χ0) is 15.1. The SMILES string of the molecule is C[C@H](NC[C@H](Cc1cscn1)NC=O)C(=O)NCC1CC1. The van der Waals surface area contributed by atoms with Crippen LogP contribution in [0.5, 0.6) is 0 Å². The molecule has 2 rings (SSSR count). The number of hydrogen-bond donors (Lipinski definition) is 3. The van der Waals surface area contributed by atoms with Crippen molar-refractivity contribution in [2.75, 3.05) is 13.1 Å². The second-order valence-electron chi connectivity index (χ2n) is 5.48. The maximum absolute atomic E-state index is 11.9. The average molecular weight is 310 g/mol. The summed E-state index contributed by atoms with van der Waals surface area (Å²) in [6.07, 6.45) is 3.80. The third-order valence-corrected chi connectivity index (χ3v) is 4.20. The fourth-order valence-electron chi connectivity index (χ4n) is 2.01. The zero-order valence-electron chi connectivity index (χ0n) is 12.2. The van der Waals surface area contributed by atoms with Gasteiger partial charge in [-0.2, -0.15) is 0 Å². The Morgan fingerprint density at radius 3 is 3.00 bits per heavy atom. The van der Waals surface area contributed by atoms with E-state index in [0.717, 1.165) is 12.2 Å². The Bertz CT molecular complexity index is 448. The Morgan fingerprint density at radius 2 is 2.38 bits per heavy atom. The molecule has 1 aliphatic carbocycles. The Balaban J connectivity index is 1.71. The summed E-state index contributed by atoms with van der Waals surface area (Å²) in [5.74, 6) is 0.690. The van der Waals surface area contributed by atoms with E-state index in [1.165, 1.54) is 24.2 Å². The molecule has 0 bridgehead atoms. The van der Waals surface area contributed by atoms with Crippen LogP contribution in [0, 0.1) is 5.92 Å². The van der Waals surface area contributed by atoms with Crippen LogP contribution in [-0.2, 0) is 16.0 Å². The molecule has 0 spiro atoms. The summed E-state index contributed by atoms with van der Waals surface area (Å²) >= 11 is 1.53. The van der Waals surface area contributed by atoms with Gasteiger partial charge in [-0.1, -0.05) is 0 Å². The summed E-state index contributed by atoms with van der Waals surface area (Å²) in [7, 11) is 0. The van der Waals surface area contributed by atoms with Gasteiger partial charge in [0, 0.05) is 30.9 Å². The normalized spacial score (nSPS) is 17.0. The molecule has 0 unspecified atom stereocenters. The molecule has 1 aromatic heterocycles. The lowest BCUT2D eigenvalue weighted by Crippen LogP contribution is -2.48. The number of thiazole rings is 1. The van der Waals surface area contributed by atoms with Gasteiger partial charge < -0.3 is 16.0 Å². The average Bonchev–Trinajstić information content (AvgIpc) is 3.17. The van der Waals surface area contributed by atoms with E-state index in [-0.39, 0.29) is 18.0 Å². The van der Waals surface area contributed by atoms with Crippen LogP contribution in [0.1, 0.15) is 25.5 Å². The predicted molar refractivity (Wildman–Crippen MR) is 82.0 cm³/mol. The summed E-state index contributed by atoms with van der Waals surface area (Å²) in [4.78, 5) is 26.8. The van der Waals surface area contributed by atoms with E-state index in [1.807, 2.05) is 12.3 Å². The quantitative estimate of drug-likeness (QED) is 0.543. The monoisotopic (exact) mass is 310 g/mol. The van der Waals surface area contributed by atoms with Crippen LogP contribution in [-0.4, -0.2) is 42.5 Å². The van der Waals surface area contributed by atoms with Gasteiger partial charge in [0.15, 0.2) is 0 Å². The third-order valence-electron chi connectivity index (χ3n) is 3.57. The standard InChI is InChI=1S/C14H22N4O2S/c1-10(14(20)16-5-11-2-3-11)15-6-12(17-8-19)4-13-7-21-9-18-13/h7-12,15H,2-6H2,1H3,(H,16,20)(H,17,19)/t10-,12-/m0/s1. The number of hydrogen-bond acceptors (Lipinski definition) is 5. The van der Waals surface area contributed by atoms with Gasteiger partial charge in [0.2, 0.25) is 12.3 Å². The molecule has 3 N–H and O–H groups in total. The minimum Gasteiger partial charge on any atom is -0.354 e. The molecule has 2 atom stereocenters. The van der Waals surface area contributed by atoms with Crippen LogP contribution in [0.25, 0.3) is 0 Å². The third kappa shape index (κ3) is 5.81. The lowest BCUT2D eigenvalue weighted by atomic mass is 10.1. The molecule has 7 heteroatoms. The van der Waals surface area contributed by atoms with E-state index >= 15 is 0 Å². The number of rotatable bonds is 10. The molecule has 2 amide bonds. The van der Waals surface area contributed by atoms with Crippen LogP contribution < -0.4 is 16.0 Å². The van der Waals surface area contributed by atoms with Gasteiger partial charge in [-0.05, 0) is 25.7 Å². The highest BCUT2D eigenvalue weighted by Crippen LogP contribution is 2.27. The van der Waals surface area contributed by atoms with Crippen molar-refractivity contribution in [1.29, 1.82) is 0 Å². The maximum Gasteiger partial charge on any atom is 0.236 e. The molecule has 1 saturated carbocycles. The van der Waals surface area contributed by atoms with Crippen molar-refractivity contribution in [3.8, 4) is 0 Å².